The highest BCUT2D eigenvalue weighted by molar-refractivity contribution is 5.92. The number of ketones is 1. The fraction of sp³-hybridized carbons (Fsp3) is 0.357. The fourth-order valence-electron chi connectivity index (χ4n) is 2.47. The predicted octanol–water partition coefficient (Wildman–Crippen LogP) is 2.55. The molecule has 0 spiro atoms. The van der Waals surface area contributed by atoms with Crippen molar-refractivity contribution in [2.24, 2.45) is 0 Å². The zero-order valence-corrected chi connectivity index (χ0v) is 10.6. The highest BCUT2D eigenvalue weighted by Gasteiger charge is 2.29. The van der Waals surface area contributed by atoms with E-state index in [0.29, 0.717) is 12.0 Å². The van der Waals surface area contributed by atoms with Crippen LogP contribution in [0.1, 0.15) is 47.8 Å². The first-order chi connectivity index (χ1) is 9.20. The van der Waals surface area contributed by atoms with Gasteiger partial charge in [-0.1, -0.05) is 25.1 Å². The molecule has 0 radical (unpaired) electrons. The molecular formula is C14H14FN3O. The summed E-state index contributed by atoms with van der Waals surface area (Å²) in [6.07, 6.45) is 1.88. The molecule has 1 aromatic carbocycles. The summed E-state index contributed by atoms with van der Waals surface area (Å²) in [6.45, 7) is 1.78. The van der Waals surface area contributed by atoms with Gasteiger partial charge < -0.3 is 0 Å². The van der Waals surface area contributed by atoms with E-state index in [-0.39, 0.29) is 23.5 Å². The molecular weight excluding hydrogens is 245 g/mol. The molecule has 0 N–H and O–H groups in total. The summed E-state index contributed by atoms with van der Waals surface area (Å²) < 4.78 is 15.5. The third-order valence-corrected chi connectivity index (χ3v) is 3.47. The van der Waals surface area contributed by atoms with E-state index >= 15 is 0 Å². The molecule has 2 heterocycles. The molecule has 5 heteroatoms. The zero-order chi connectivity index (χ0) is 13.4. The van der Waals surface area contributed by atoms with Crippen LogP contribution in [0.25, 0.3) is 0 Å². The Morgan fingerprint density at radius 1 is 1.47 bits per heavy atom. The molecule has 0 bridgehead atoms. The van der Waals surface area contributed by atoms with Crippen LogP contribution in [0.2, 0.25) is 0 Å². The van der Waals surface area contributed by atoms with Crippen molar-refractivity contribution in [3.05, 3.63) is 47.3 Å². The van der Waals surface area contributed by atoms with E-state index in [1.54, 1.807) is 23.7 Å². The maximum absolute atomic E-state index is 13.8. The molecule has 98 valence electrons. The highest BCUT2D eigenvalue weighted by Crippen LogP contribution is 2.31. The van der Waals surface area contributed by atoms with Crippen molar-refractivity contribution in [1.29, 1.82) is 0 Å². The summed E-state index contributed by atoms with van der Waals surface area (Å²) in [5, 5.41) is 4.25. The molecule has 1 atom stereocenters. The average Bonchev–Trinajstić information content (AvgIpc) is 2.98. The van der Waals surface area contributed by atoms with Crippen molar-refractivity contribution < 1.29 is 9.18 Å². The molecule has 1 unspecified atom stereocenters. The number of fused-ring (bicyclic) bond motifs is 1. The summed E-state index contributed by atoms with van der Waals surface area (Å²) in [7, 11) is 0. The smallest absolute Gasteiger partial charge is 0.217 e. The van der Waals surface area contributed by atoms with Crippen LogP contribution in [0.4, 0.5) is 4.39 Å². The number of Topliss-reactive ketones (excluding diaryl/α,β-unsaturated/α-hetero) is 1. The van der Waals surface area contributed by atoms with Crippen LogP contribution in [0.15, 0.2) is 24.3 Å². The van der Waals surface area contributed by atoms with Crippen molar-refractivity contribution in [2.45, 2.75) is 32.2 Å². The molecule has 1 aliphatic heterocycles. The van der Waals surface area contributed by atoms with Crippen LogP contribution in [0.3, 0.4) is 0 Å². The number of benzene rings is 1. The number of hydrogen-bond donors (Lipinski definition) is 0. The number of aromatic nitrogens is 3. The van der Waals surface area contributed by atoms with E-state index in [1.165, 1.54) is 6.07 Å². The second-order valence-corrected chi connectivity index (χ2v) is 4.65. The molecule has 1 aliphatic rings. The Morgan fingerprint density at radius 3 is 3.00 bits per heavy atom. The Morgan fingerprint density at radius 2 is 2.26 bits per heavy atom. The summed E-state index contributed by atoms with van der Waals surface area (Å²) in [5.41, 5.74) is 0.613. The standard InChI is InChI=1S/C14H14FN3O/c1-2-12(19)14-16-13-8-7-11(18(13)17-14)9-5-3-4-6-10(9)15/h3-6,11H,2,7-8H2,1H3. The minimum atomic E-state index is -0.237. The highest BCUT2D eigenvalue weighted by atomic mass is 19.1. The lowest BCUT2D eigenvalue weighted by Gasteiger charge is -2.12. The topological polar surface area (TPSA) is 47.8 Å². The van der Waals surface area contributed by atoms with Gasteiger partial charge in [-0.3, -0.25) is 4.79 Å². The third-order valence-electron chi connectivity index (χ3n) is 3.47. The number of carbonyl (C=O) groups is 1. The van der Waals surface area contributed by atoms with Gasteiger partial charge in [0.25, 0.3) is 0 Å². The maximum atomic E-state index is 13.8. The maximum Gasteiger partial charge on any atom is 0.217 e. The first kappa shape index (κ1) is 12.0. The van der Waals surface area contributed by atoms with Gasteiger partial charge in [0.2, 0.25) is 11.6 Å². The molecule has 0 saturated carbocycles. The van der Waals surface area contributed by atoms with Crippen LogP contribution >= 0.6 is 0 Å². The van der Waals surface area contributed by atoms with Gasteiger partial charge in [-0.25, -0.2) is 14.1 Å². The number of aryl methyl sites for hydroxylation is 1. The summed E-state index contributed by atoms with van der Waals surface area (Å²) in [4.78, 5) is 15.9. The Labute approximate surface area is 110 Å². The van der Waals surface area contributed by atoms with Gasteiger partial charge in [0.1, 0.15) is 11.6 Å². The van der Waals surface area contributed by atoms with Crippen molar-refractivity contribution in [3.8, 4) is 0 Å². The monoisotopic (exact) mass is 259 g/mol. The Kier molecular flexibility index (Phi) is 2.89. The molecule has 19 heavy (non-hydrogen) atoms. The normalized spacial score (nSPS) is 17.5. The van der Waals surface area contributed by atoms with Gasteiger partial charge in [-0.2, -0.15) is 0 Å². The van der Waals surface area contributed by atoms with Gasteiger partial charge in [0.15, 0.2) is 0 Å². The minimum Gasteiger partial charge on any atom is -0.291 e. The van der Waals surface area contributed by atoms with Gasteiger partial charge in [-0.15, -0.1) is 5.10 Å². The molecule has 1 aromatic heterocycles. The molecule has 0 aliphatic carbocycles. The first-order valence-corrected chi connectivity index (χ1v) is 6.43. The first-order valence-electron chi connectivity index (χ1n) is 6.43. The Hall–Kier alpha value is -2.04. The van der Waals surface area contributed by atoms with E-state index in [9.17, 15) is 9.18 Å². The van der Waals surface area contributed by atoms with Crippen LogP contribution in [0, 0.1) is 5.82 Å². The minimum absolute atomic E-state index is 0.0748. The fourth-order valence-corrected chi connectivity index (χ4v) is 2.47. The second kappa shape index (κ2) is 4.57. The number of rotatable bonds is 3. The summed E-state index contributed by atoms with van der Waals surface area (Å²) in [5.74, 6) is 0.706. The zero-order valence-electron chi connectivity index (χ0n) is 10.6. The number of carbonyl (C=O) groups excluding carboxylic acids is 1. The number of hydrogen-bond acceptors (Lipinski definition) is 3. The van der Waals surface area contributed by atoms with Crippen LogP contribution < -0.4 is 0 Å². The van der Waals surface area contributed by atoms with Gasteiger partial charge in [0, 0.05) is 18.4 Å². The SMILES string of the molecule is CCC(=O)c1nc2n(n1)C(c1ccccc1F)CC2. The van der Waals surface area contributed by atoms with Crippen molar-refractivity contribution in [2.75, 3.05) is 0 Å². The van der Waals surface area contributed by atoms with Gasteiger partial charge in [0.05, 0.1) is 6.04 Å². The molecule has 2 aromatic rings. The van der Waals surface area contributed by atoms with E-state index in [4.69, 9.17) is 0 Å². The third kappa shape index (κ3) is 1.95. The largest absolute Gasteiger partial charge is 0.291 e. The van der Waals surface area contributed by atoms with E-state index in [1.807, 2.05) is 6.07 Å². The summed E-state index contributed by atoms with van der Waals surface area (Å²) >= 11 is 0. The Bertz CT molecular complexity index is 635. The lowest BCUT2D eigenvalue weighted by atomic mass is 10.0. The quantitative estimate of drug-likeness (QED) is 0.796. The average molecular weight is 259 g/mol. The lowest BCUT2D eigenvalue weighted by molar-refractivity contribution is 0.0977. The lowest BCUT2D eigenvalue weighted by Crippen LogP contribution is -2.10. The summed E-state index contributed by atoms with van der Waals surface area (Å²) in [6, 6.07) is 6.54. The Balaban J connectivity index is 2.00. The van der Waals surface area contributed by atoms with Gasteiger partial charge >= 0.3 is 0 Å². The van der Waals surface area contributed by atoms with Crippen molar-refractivity contribution in [3.63, 3.8) is 0 Å². The molecule has 0 amide bonds. The van der Waals surface area contributed by atoms with Crippen molar-refractivity contribution in [1.82, 2.24) is 14.8 Å². The van der Waals surface area contributed by atoms with Crippen molar-refractivity contribution >= 4 is 5.78 Å². The van der Waals surface area contributed by atoms with E-state index < -0.39 is 0 Å². The number of halogens is 1. The van der Waals surface area contributed by atoms with E-state index in [2.05, 4.69) is 10.1 Å². The molecule has 0 saturated heterocycles. The predicted molar refractivity (Wildman–Crippen MR) is 67.5 cm³/mol. The van der Waals surface area contributed by atoms with E-state index in [0.717, 1.165) is 18.7 Å². The van der Waals surface area contributed by atoms with Crippen LogP contribution in [-0.2, 0) is 6.42 Å². The number of nitrogens with zero attached hydrogens (tertiary/aromatic N) is 3. The second-order valence-electron chi connectivity index (χ2n) is 4.65. The van der Waals surface area contributed by atoms with Crippen LogP contribution in [-0.4, -0.2) is 20.5 Å². The molecule has 3 rings (SSSR count). The van der Waals surface area contributed by atoms with Gasteiger partial charge in [-0.05, 0) is 12.5 Å². The molecule has 0 fully saturated rings. The molecule has 4 nitrogen and oxygen atoms in total. The van der Waals surface area contributed by atoms with Crippen LogP contribution in [0.5, 0.6) is 0 Å².